The molecule has 1 fully saturated rings. The van der Waals surface area contributed by atoms with Gasteiger partial charge in [0, 0.05) is 16.9 Å². The summed E-state index contributed by atoms with van der Waals surface area (Å²) in [6.45, 7) is 3.30. The van der Waals surface area contributed by atoms with Crippen molar-refractivity contribution < 1.29 is 4.39 Å². The largest absolute Gasteiger partial charge is 0.383 e. The van der Waals surface area contributed by atoms with E-state index < -0.39 is 0 Å². The van der Waals surface area contributed by atoms with Crippen LogP contribution in [0.15, 0.2) is 16.6 Å². The summed E-state index contributed by atoms with van der Waals surface area (Å²) in [5, 5.41) is 3.43. The Morgan fingerprint density at radius 3 is 2.88 bits per heavy atom. The molecule has 0 bridgehead atoms. The summed E-state index contributed by atoms with van der Waals surface area (Å²) >= 11 is 3.45. The lowest BCUT2D eigenvalue weighted by atomic mass is 9.81. The molecule has 3 heteroatoms. The Balaban J connectivity index is 1.98. The first-order chi connectivity index (χ1) is 8.16. The Morgan fingerprint density at radius 2 is 2.18 bits per heavy atom. The molecule has 3 unspecified atom stereocenters. The van der Waals surface area contributed by atoms with E-state index >= 15 is 0 Å². The van der Waals surface area contributed by atoms with Gasteiger partial charge < -0.3 is 5.32 Å². The third-order valence-corrected chi connectivity index (χ3v) is 5.05. The van der Waals surface area contributed by atoms with Crippen molar-refractivity contribution in [1.29, 1.82) is 0 Å². The number of halogens is 2. The van der Waals surface area contributed by atoms with Crippen LogP contribution in [0.25, 0.3) is 0 Å². The standard InChI is InChI=1S/C14H17BrFN/c1-8-3-2-4-10(8)12-7-17-14-11(12)5-9(16)6-13(14)15/h5-6,8,10,12,17H,2-4,7H2,1H3. The molecule has 2 aliphatic rings. The highest BCUT2D eigenvalue weighted by Gasteiger charge is 2.36. The van der Waals surface area contributed by atoms with Crippen LogP contribution in [0.2, 0.25) is 0 Å². The summed E-state index contributed by atoms with van der Waals surface area (Å²) in [7, 11) is 0. The smallest absolute Gasteiger partial charge is 0.124 e. The minimum atomic E-state index is -0.130. The first-order valence-corrected chi connectivity index (χ1v) is 7.19. The zero-order valence-corrected chi connectivity index (χ0v) is 11.6. The van der Waals surface area contributed by atoms with Crippen molar-refractivity contribution in [3.05, 3.63) is 28.0 Å². The summed E-state index contributed by atoms with van der Waals surface area (Å²) < 4.78 is 14.4. The van der Waals surface area contributed by atoms with Crippen LogP contribution in [0.3, 0.4) is 0 Å². The number of hydrogen-bond donors (Lipinski definition) is 1. The maximum absolute atomic E-state index is 13.5. The number of nitrogens with one attached hydrogen (secondary N) is 1. The predicted octanol–water partition coefficient (Wildman–Crippen LogP) is 4.53. The highest BCUT2D eigenvalue weighted by molar-refractivity contribution is 9.10. The maximum Gasteiger partial charge on any atom is 0.124 e. The number of benzene rings is 1. The molecule has 3 rings (SSSR count). The fourth-order valence-electron chi connectivity index (χ4n) is 3.55. The molecule has 0 aromatic heterocycles. The third-order valence-electron chi connectivity index (χ3n) is 4.43. The summed E-state index contributed by atoms with van der Waals surface area (Å²) in [6.07, 6.45) is 3.95. The van der Waals surface area contributed by atoms with E-state index in [1.807, 2.05) is 0 Å². The molecule has 1 aliphatic carbocycles. The van der Waals surface area contributed by atoms with Crippen molar-refractivity contribution in [2.45, 2.75) is 32.1 Å². The van der Waals surface area contributed by atoms with Gasteiger partial charge in [0.1, 0.15) is 5.82 Å². The van der Waals surface area contributed by atoms with E-state index in [0.29, 0.717) is 5.92 Å². The third kappa shape index (κ3) is 1.88. The van der Waals surface area contributed by atoms with E-state index in [2.05, 4.69) is 28.2 Å². The van der Waals surface area contributed by atoms with Crippen molar-refractivity contribution in [3.63, 3.8) is 0 Å². The van der Waals surface area contributed by atoms with Gasteiger partial charge in [0.15, 0.2) is 0 Å². The molecular weight excluding hydrogens is 281 g/mol. The number of hydrogen-bond acceptors (Lipinski definition) is 1. The van der Waals surface area contributed by atoms with Crippen LogP contribution in [0.5, 0.6) is 0 Å². The molecule has 92 valence electrons. The molecule has 0 radical (unpaired) electrons. The fourth-order valence-corrected chi connectivity index (χ4v) is 4.14. The minimum absolute atomic E-state index is 0.130. The highest BCUT2D eigenvalue weighted by atomic mass is 79.9. The van der Waals surface area contributed by atoms with Crippen molar-refractivity contribution >= 4 is 21.6 Å². The van der Waals surface area contributed by atoms with Crippen molar-refractivity contribution in [3.8, 4) is 0 Å². The van der Waals surface area contributed by atoms with Gasteiger partial charge in [-0.2, -0.15) is 0 Å². The van der Waals surface area contributed by atoms with Crippen LogP contribution in [-0.2, 0) is 0 Å². The molecule has 1 saturated carbocycles. The Labute approximate surface area is 110 Å². The van der Waals surface area contributed by atoms with Crippen molar-refractivity contribution in [1.82, 2.24) is 0 Å². The van der Waals surface area contributed by atoms with Gasteiger partial charge in [0.05, 0.1) is 5.69 Å². The van der Waals surface area contributed by atoms with Crippen LogP contribution in [0.4, 0.5) is 10.1 Å². The molecule has 1 N–H and O–H groups in total. The lowest BCUT2D eigenvalue weighted by Gasteiger charge is -2.22. The topological polar surface area (TPSA) is 12.0 Å². The number of rotatable bonds is 1. The number of fused-ring (bicyclic) bond motifs is 1. The van der Waals surface area contributed by atoms with Crippen LogP contribution < -0.4 is 5.32 Å². The minimum Gasteiger partial charge on any atom is -0.383 e. The molecule has 0 amide bonds. The van der Waals surface area contributed by atoms with Crippen molar-refractivity contribution in [2.24, 2.45) is 11.8 Å². The van der Waals surface area contributed by atoms with E-state index in [-0.39, 0.29) is 5.82 Å². The average molecular weight is 298 g/mol. The van der Waals surface area contributed by atoms with E-state index in [1.54, 1.807) is 12.1 Å². The average Bonchev–Trinajstić information content (AvgIpc) is 2.84. The van der Waals surface area contributed by atoms with E-state index in [1.165, 1.54) is 24.8 Å². The van der Waals surface area contributed by atoms with Crippen LogP contribution in [0, 0.1) is 17.7 Å². The Hall–Kier alpha value is -0.570. The molecular formula is C14H17BrFN. The van der Waals surface area contributed by atoms with Gasteiger partial charge in [-0.05, 0) is 51.9 Å². The van der Waals surface area contributed by atoms with Crippen molar-refractivity contribution in [2.75, 3.05) is 11.9 Å². The molecule has 1 aromatic rings. The quantitative estimate of drug-likeness (QED) is 0.803. The summed E-state index contributed by atoms with van der Waals surface area (Å²) in [6, 6.07) is 3.27. The molecule has 3 atom stereocenters. The zero-order chi connectivity index (χ0) is 12.0. The molecule has 1 heterocycles. The first kappa shape index (κ1) is 11.5. The van der Waals surface area contributed by atoms with Gasteiger partial charge in [0.2, 0.25) is 0 Å². The van der Waals surface area contributed by atoms with E-state index in [9.17, 15) is 4.39 Å². The second-order valence-corrected chi connectivity index (χ2v) is 6.27. The Kier molecular flexibility index (Phi) is 2.89. The van der Waals surface area contributed by atoms with Gasteiger partial charge in [-0.15, -0.1) is 0 Å². The molecule has 1 aliphatic heterocycles. The molecule has 0 spiro atoms. The SMILES string of the molecule is CC1CCCC1C1CNc2c(Br)cc(F)cc21. The summed E-state index contributed by atoms with van der Waals surface area (Å²) in [4.78, 5) is 0. The zero-order valence-electron chi connectivity index (χ0n) is 9.97. The van der Waals surface area contributed by atoms with Gasteiger partial charge in [-0.1, -0.05) is 19.8 Å². The normalized spacial score (nSPS) is 31.4. The Bertz CT molecular complexity index is 446. The predicted molar refractivity (Wildman–Crippen MR) is 71.8 cm³/mol. The van der Waals surface area contributed by atoms with Gasteiger partial charge >= 0.3 is 0 Å². The van der Waals surface area contributed by atoms with Gasteiger partial charge in [-0.3, -0.25) is 0 Å². The monoisotopic (exact) mass is 297 g/mol. The van der Waals surface area contributed by atoms with Crippen LogP contribution in [0.1, 0.15) is 37.7 Å². The lowest BCUT2D eigenvalue weighted by Crippen LogP contribution is -2.17. The summed E-state index contributed by atoms with van der Waals surface area (Å²) in [5.41, 5.74) is 2.28. The van der Waals surface area contributed by atoms with Gasteiger partial charge in [-0.25, -0.2) is 4.39 Å². The highest BCUT2D eigenvalue weighted by Crippen LogP contribution is 2.47. The van der Waals surface area contributed by atoms with Gasteiger partial charge in [0.25, 0.3) is 0 Å². The molecule has 1 aromatic carbocycles. The summed E-state index contributed by atoms with van der Waals surface area (Å²) in [5.74, 6) is 1.86. The van der Waals surface area contributed by atoms with E-state index in [4.69, 9.17) is 0 Å². The van der Waals surface area contributed by atoms with Crippen LogP contribution >= 0.6 is 15.9 Å². The molecule has 17 heavy (non-hydrogen) atoms. The fraction of sp³-hybridized carbons (Fsp3) is 0.571. The first-order valence-electron chi connectivity index (χ1n) is 6.39. The molecule has 1 nitrogen and oxygen atoms in total. The number of anilines is 1. The maximum atomic E-state index is 13.5. The molecule has 0 saturated heterocycles. The second kappa shape index (κ2) is 4.27. The Morgan fingerprint density at radius 1 is 1.35 bits per heavy atom. The second-order valence-electron chi connectivity index (χ2n) is 5.41. The lowest BCUT2D eigenvalue weighted by molar-refractivity contribution is 0.361. The van der Waals surface area contributed by atoms with E-state index in [0.717, 1.165) is 28.5 Å². The van der Waals surface area contributed by atoms with Crippen LogP contribution in [-0.4, -0.2) is 6.54 Å².